The zero-order valence-electron chi connectivity index (χ0n) is 16.8. The summed E-state index contributed by atoms with van der Waals surface area (Å²) in [6.45, 7) is 2.78. The molecule has 1 aliphatic heterocycles. The average molecular weight is 378 g/mol. The smallest absolute Gasteiger partial charge is 0.223 e. The van der Waals surface area contributed by atoms with Crippen LogP contribution >= 0.6 is 0 Å². The van der Waals surface area contributed by atoms with Crippen LogP contribution in [0, 0.1) is 5.92 Å². The lowest BCUT2D eigenvalue weighted by atomic mass is 9.66. The molecule has 1 saturated heterocycles. The van der Waals surface area contributed by atoms with E-state index in [1.807, 2.05) is 48.5 Å². The van der Waals surface area contributed by atoms with Crippen molar-refractivity contribution in [2.45, 2.75) is 63.0 Å². The maximum absolute atomic E-state index is 13.2. The first kappa shape index (κ1) is 19.2. The van der Waals surface area contributed by atoms with Gasteiger partial charge in [-0.3, -0.25) is 4.79 Å². The van der Waals surface area contributed by atoms with Gasteiger partial charge in [0.2, 0.25) is 5.91 Å². The molecule has 1 unspecified atom stereocenters. The Balaban J connectivity index is 1.53. The number of piperidine rings is 1. The molecule has 2 fully saturated rings. The molecule has 0 radical (unpaired) electrons. The standard InChI is InChI=1S/C25H31NO2/c1-19(20-10-4-2-5-11-20)18-24(27)26-17-16-25(28,21-12-6-3-7-13-21)22-14-8-9-15-23(22)26/h2-7,10-13,19,22-23,28H,8-9,14-18H2,1H3/t19?,22-,23-,25-/m1/s1. The first-order valence-corrected chi connectivity index (χ1v) is 10.7. The van der Waals surface area contributed by atoms with Crippen molar-refractivity contribution in [1.29, 1.82) is 0 Å². The number of hydrogen-bond donors (Lipinski definition) is 1. The van der Waals surface area contributed by atoms with Crippen LogP contribution in [0.5, 0.6) is 0 Å². The fraction of sp³-hybridized carbons (Fsp3) is 0.480. The molecule has 2 aliphatic rings. The molecule has 2 aromatic rings. The Kier molecular flexibility index (Phi) is 5.54. The minimum atomic E-state index is -0.811. The zero-order valence-corrected chi connectivity index (χ0v) is 16.8. The summed E-state index contributed by atoms with van der Waals surface area (Å²) in [5.41, 5.74) is 1.42. The van der Waals surface area contributed by atoms with Crippen LogP contribution in [-0.4, -0.2) is 28.5 Å². The van der Waals surface area contributed by atoms with Crippen molar-refractivity contribution in [3.05, 3.63) is 71.8 Å². The van der Waals surface area contributed by atoms with Crippen molar-refractivity contribution >= 4 is 5.91 Å². The van der Waals surface area contributed by atoms with Gasteiger partial charge in [-0.1, -0.05) is 80.4 Å². The van der Waals surface area contributed by atoms with Crippen LogP contribution in [0.25, 0.3) is 0 Å². The van der Waals surface area contributed by atoms with Crippen LogP contribution in [0.4, 0.5) is 0 Å². The normalized spacial score (nSPS) is 28.4. The average Bonchev–Trinajstić information content (AvgIpc) is 2.75. The van der Waals surface area contributed by atoms with Crippen molar-refractivity contribution in [3.63, 3.8) is 0 Å². The summed E-state index contributed by atoms with van der Waals surface area (Å²) in [5.74, 6) is 0.586. The third kappa shape index (κ3) is 3.60. The van der Waals surface area contributed by atoms with E-state index in [4.69, 9.17) is 0 Å². The molecule has 1 heterocycles. The van der Waals surface area contributed by atoms with E-state index in [2.05, 4.69) is 24.0 Å². The monoisotopic (exact) mass is 377 g/mol. The van der Waals surface area contributed by atoms with Gasteiger partial charge >= 0.3 is 0 Å². The van der Waals surface area contributed by atoms with E-state index in [-0.39, 0.29) is 23.8 Å². The van der Waals surface area contributed by atoms with E-state index in [0.717, 1.165) is 31.2 Å². The Morgan fingerprint density at radius 1 is 1.07 bits per heavy atom. The summed E-state index contributed by atoms with van der Waals surface area (Å²) in [7, 11) is 0. The molecule has 2 aromatic carbocycles. The molecule has 0 spiro atoms. The van der Waals surface area contributed by atoms with Gasteiger partial charge in [-0.05, 0) is 36.3 Å². The number of likely N-dealkylation sites (tertiary alicyclic amines) is 1. The molecule has 0 bridgehead atoms. The van der Waals surface area contributed by atoms with Gasteiger partial charge in [0.05, 0.1) is 5.60 Å². The first-order valence-electron chi connectivity index (χ1n) is 10.7. The van der Waals surface area contributed by atoms with Gasteiger partial charge < -0.3 is 10.0 Å². The van der Waals surface area contributed by atoms with Gasteiger partial charge in [0.1, 0.15) is 0 Å². The Bertz CT molecular complexity index is 791. The Morgan fingerprint density at radius 2 is 1.71 bits per heavy atom. The topological polar surface area (TPSA) is 40.5 Å². The van der Waals surface area contributed by atoms with E-state index < -0.39 is 5.60 Å². The van der Waals surface area contributed by atoms with Crippen molar-refractivity contribution in [2.24, 2.45) is 5.92 Å². The van der Waals surface area contributed by atoms with E-state index in [0.29, 0.717) is 19.4 Å². The largest absolute Gasteiger partial charge is 0.385 e. The summed E-state index contributed by atoms with van der Waals surface area (Å²) in [5, 5.41) is 11.7. The van der Waals surface area contributed by atoms with Gasteiger partial charge in [0, 0.05) is 24.9 Å². The molecule has 4 atom stereocenters. The third-order valence-corrected chi connectivity index (χ3v) is 6.92. The second kappa shape index (κ2) is 8.08. The fourth-order valence-corrected chi connectivity index (χ4v) is 5.36. The van der Waals surface area contributed by atoms with Crippen LogP contribution in [0.1, 0.15) is 62.5 Å². The summed E-state index contributed by atoms with van der Waals surface area (Å²) >= 11 is 0. The molecule has 148 valence electrons. The SMILES string of the molecule is CC(CC(=O)N1CC[C@@](O)(c2ccccc2)[C@@H]2CCCC[C@H]21)c1ccccc1. The van der Waals surface area contributed by atoms with Crippen LogP contribution in [0.3, 0.4) is 0 Å². The number of nitrogens with zero attached hydrogens (tertiary/aromatic N) is 1. The Labute approximate surface area is 168 Å². The number of carbonyl (C=O) groups is 1. The van der Waals surface area contributed by atoms with E-state index in [1.165, 1.54) is 5.56 Å². The Hall–Kier alpha value is -2.13. The molecular formula is C25H31NO2. The number of carbonyl (C=O) groups excluding carboxylic acids is 1. The summed E-state index contributed by atoms with van der Waals surface area (Å²) in [6.07, 6.45) is 5.45. The highest BCUT2D eigenvalue weighted by Gasteiger charge is 2.50. The van der Waals surface area contributed by atoms with Gasteiger partial charge in [-0.25, -0.2) is 0 Å². The second-order valence-electron chi connectivity index (χ2n) is 8.60. The second-order valence-corrected chi connectivity index (χ2v) is 8.60. The maximum atomic E-state index is 13.2. The predicted octanol–water partition coefficient (Wildman–Crippen LogP) is 4.86. The van der Waals surface area contributed by atoms with Gasteiger partial charge in [0.15, 0.2) is 0 Å². The first-order chi connectivity index (χ1) is 13.6. The molecule has 4 rings (SSSR count). The summed E-state index contributed by atoms with van der Waals surface area (Å²) < 4.78 is 0. The number of amides is 1. The third-order valence-electron chi connectivity index (χ3n) is 6.92. The van der Waals surface area contributed by atoms with Crippen molar-refractivity contribution in [2.75, 3.05) is 6.54 Å². The van der Waals surface area contributed by atoms with Crippen LogP contribution in [0.15, 0.2) is 60.7 Å². The lowest BCUT2D eigenvalue weighted by Crippen LogP contribution is -2.59. The minimum Gasteiger partial charge on any atom is -0.385 e. The lowest BCUT2D eigenvalue weighted by Gasteiger charge is -2.52. The number of benzene rings is 2. The summed E-state index contributed by atoms with van der Waals surface area (Å²) in [4.78, 5) is 15.3. The lowest BCUT2D eigenvalue weighted by molar-refractivity contribution is -0.155. The van der Waals surface area contributed by atoms with E-state index in [9.17, 15) is 9.90 Å². The van der Waals surface area contributed by atoms with Crippen molar-refractivity contribution in [3.8, 4) is 0 Å². The molecule has 1 aliphatic carbocycles. The Morgan fingerprint density at radius 3 is 2.43 bits per heavy atom. The molecule has 3 heteroatoms. The minimum absolute atomic E-state index is 0.133. The van der Waals surface area contributed by atoms with Crippen LogP contribution in [0.2, 0.25) is 0 Å². The number of fused-ring (bicyclic) bond motifs is 1. The maximum Gasteiger partial charge on any atom is 0.223 e. The van der Waals surface area contributed by atoms with E-state index in [1.54, 1.807) is 0 Å². The molecular weight excluding hydrogens is 346 g/mol. The van der Waals surface area contributed by atoms with Gasteiger partial charge in [-0.15, -0.1) is 0 Å². The van der Waals surface area contributed by atoms with Crippen LogP contribution in [-0.2, 0) is 10.4 Å². The molecule has 1 N–H and O–H groups in total. The number of hydrogen-bond acceptors (Lipinski definition) is 2. The highest BCUT2D eigenvalue weighted by Crippen LogP contribution is 2.47. The fourth-order valence-electron chi connectivity index (χ4n) is 5.36. The number of aliphatic hydroxyl groups is 1. The highest BCUT2D eigenvalue weighted by molar-refractivity contribution is 5.77. The molecule has 0 aromatic heterocycles. The molecule has 3 nitrogen and oxygen atoms in total. The summed E-state index contributed by atoms with van der Waals surface area (Å²) in [6, 6.07) is 20.5. The highest BCUT2D eigenvalue weighted by atomic mass is 16.3. The molecule has 1 saturated carbocycles. The van der Waals surface area contributed by atoms with Gasteiger partial charge in [-0.2, -0.15) is 0 Å². The van der Waals surface area contributed by atoms with Crippen LogP contribution < -0.4 is 0 Å². The van der Waals surface area contributed by atoms with E-state index >= 15 is 0 Å². The quantitative estimate of drug-likeness (QED) is 0.827. The predicted molar refractivity (Wildman–Crippen MR) is 112 cm³/mol. The van der Waals surface area contributed by atoms with Crippen molar-refractivity contribution < 1.29 is 9.90 Å². The molecule has 1 amide bonds. The number of rotatable bonds is 4. The van der Waals surface area contributed by atoms with Crippen molar-refractivity contribution in [1.82, 2.24) is 4.90 Å². The molecule has 28 heavy (non-hydrogen) atoms. The zero-order chi connectivity index (χ0) is 19.6. The van der Waals surface area contributed by atoms with Gasteiger partial charge in [0.25, 0.3) is 0 Å².